The maximum atomic E-state index is 13.6. The zero-order valence-electron chi connectivity index (χ0n) is 18.5. The van der Waals surface area contributed by atoms with Crippen LogP contribution in [0.4, 0.5) is 17.6 Å². The van der Waals surface area contributed by atoms with Gasteiger partial charge in [-0.15, -0.1) is 12.4 Å². The fraction of sp³-hybridized carbons (Fsp3) is 0.185. The highest BCUT2D eigenvalue weighted by atomic mass is 35.5. The number of ether oxygens (including phenoxy) is 1. The average Bonchev–Trinajstić information content (AvgIpc) is 2.82. The summed E-state index contributed by atoms with van der Waals surface area (Å²) in [6, 6.07) is 22.0. The van der Waals surface area contributed by atoms with Crippen LogP contribution in [-0.4, -0.2) is 13.7 Å². The van der Waals surface area contributed by atoms with E-state index in [0.29, 0.717) is 19.5 Å². The van der Waals surface area contributed by atoms with Gasteiger partial charge < -0.3 is 10.1 Å². The molecule has 0 spiro atoms. The van der Waals surface area contributed by atoms with Crippen molar-refractivity contribution >= 4 is 23.2 Å². The summed E-state index contributed by atoms with van der Waals surface area (Å²) < 4.78 is 57.5. The molecule has 0 aliphatic heterocycles. The normalized spacial score (nSPS) is 11.3. The topological polar surface area (TPSA) is 21.3 Å². The first-order valence-corrected chi connectivity index (χ1v) is 10.6. The molecule has 0 aliphatic carbocycles. The summed E-state index contributed by atoms with van der Waals surface area (Å²) in [6.07, 6.45) is -3.66. The molecule has 7 heteroatoms. The number of nitrogens with one attached hydrogen (secondary N) is 1. The van der Waals surface area contributed by atoms with Crippen molar-refractivity contribution in [3.63, 3.8) is 0 Å². The minimum atomic E-state index is -4.36. The highest BCUT2D eigenvalue weighted by molar-refractivity contribution is 5.97. The lowest BCUT2D eigenvalue weighted by molar-refractivity contribution is -0.137. The van der Waals surface area contributed by atoms with Gasteiger partial charge in [-0.1, -0.05) is 42.5 Å². The van der Waals surface area contributed by atoms with Gasteiger partial charge in [-0.25, -0.2) is 4.39 Å². The molecule has 0 heterocycles. The van der Waals surface area contributed by atoms with Gasteiger partial charge >= 0.3 is 6.18 Å². The second-order valence-electron chi connectivity index (χ2n) is 7.84. The fourth-order valence-corrected chi connectivity index (χ4v) is 3.88. The first-order chi connectivity index (χ1) is 15.8. The standard InChI is InChI=1S/C27H23F4NO.ClH/c1-33-26-16-18(6-11-25(26)28)12-13-32-17-19-14-21-4-2-3-5-23(21)24(15-19)20-7-9-22(10-8-20)27(29,30)31;/h2-11,14-16,32H,12-13,17H2,1H3;1H. The number of hydrogen-bond acceptors (Lipinski definition) is 2. The van der Waals surface area contributed by atoms with Crippen LogP contribution < -0.4 is 10.1 Å². The van der Waals surface area contributed by atoms with E-state index >= 15 is 0 Å². The number of methoxy groups -OCH3 is 1. The van der Waals surface area contributed by atoms with E-state index in [4.69, 9.17) is 4.74 Å². The zero-order valence-corrected chi connectivity index (χ0v) is 19.3. The summed E-state index contributed by atoms with van der Waals surface area (Å²) in [6.45, 7) is 1.27. The lowest BCUT2D eigenvalue weighted by Crippen LogP contribution is -2.16. The highest BCUT2D eigenvalue weighted by Crippen LogP contribution is 2.34. The van der Waals surface area contributed by atoms with E-state index in [0.717, 1.165) is 45.2 Å². The van der Waals surface area contributed by atoms with Gasteiger partial charge in [0.25, 0.3) is 0 Å². The lowest BCUT2D eigenvalue weighted by atomic mass is 9.95. The van der Waals surface area contributed by atoms with Gasteiger partial charge in [0.2, 0.25) is 0 Å². The van der Waals surface area contributed by atoms with Gasteiger partial charge in [0.1, 0.15) is 0 Å². The third-order valence-corrected chi connectivity index (χ3v) is 5.58. The molecule has 0 fully saturated rings. The van der Waals surface area contributed by atoms with E-state index < -0.39 is 11.7 Å². The van der Waals surface area contributed by atoms with Crippen molar-refractivity contribution in [1.29, 1.82) is 0 Å². The average molecular weight is 490 g/mol. The Morgan fingerprint density at radius 3 is 2.29 bits per heavy atom. The number of rotatable bonds is 7. The van der Waals surface area contributed by atoms with Crippen LogP contribution in [0, 0.1) is 5.82 Å². The van der Waals surface area contributed by atoms with Gasteiger partial charge in [-0.3, -0.25) is 0 Å². The van der Waals surface area contributed by atoms with Gasteiger partial charge in [0, 0.05) is 6.54 Å². The molecule has 0 bridgehead atoms. The number of halogens is 5. The van der Waals surface area contributed by atoms with Crippen LogP contribution in [-0.2, 0) is 19.1 Å². The summed E-state index contributed by atoms with van der Waals surface area (Å²) in [5, 5.41) is 5.40. The molecule has 0 amide bonds. The van der Waals surface area contributed by atoms with Gasteiger partial charge in [-0.2, -0.15) is 13.2 Å². The Bertz CT molecular complexity index is 1260. The van der Waals surface area contributed by atoms with E-state index in [1.54, 1.807) is 12.1 Å². The fourth-order valence-electron chi connectivity index (χ4n) is 3.88. The maximum absolute atomic E-state index is 13.6. The van der Waals surface area contributed by atoms with Crippen LogP contribution in [0.3, 0.4) is 0 Å². The smallest absolute Gasteiger partial charge is 0.416 e. The molecule has 0 aliphatic rings. The Kier molecular flexibility index (Phi) is 8.18. The van der Waals surface area contributed by atoms with Crippen molar-refractivity contribution in [2.75, 3.05) is 13.7 Å². The minimum absolute atomic E-state index is 0. The predicted octanol–water partition coefficient (Wildman–Crippen LogP) is 7.43. The predicted molar refractivity (Wildman–Crippen MR) is 130 cm³/mol. The minimum Gasteiger partial charge on any atom is -0.494 e. The van der Waals surface area contributed by atoms with Crippen LogP contribution in [0.25, 0.3) is 21.9 Å². The summed E-state index contributed by atoms with van der Waals surface area (Å²) in [4.78, 5) is 0. The number of hydrogen-bond donors (Lipinski definition) is 1. The molecule has 4 aromatic carbocycles. The molecule has 1 N–H and O–H groups in total. The van der Waals surface area contributed by atoms with Crippen molar-refractivity contribution < 1.29 is 22.3 Å². The number of fused-ring (bicyclic) bond motifs is 1. The van der Waals surface area contributed by atoms with Gasteiger partial charge in [0.15, 0.2) is 11.6 Å². The van der Waals surface area contributed by atoms with E-state index in [1.807, 2.05) is 30.3 Å². The Morgan fingerprint density at radius 2 is 1.59 bits per heavy atom. The molecule has 0 aromatic heterocycles. The highest BCUT2D eigenvalue weighted by Gasteiger charge is 2.30. The largest absolute Gasteiger partial charge is 0.494 e. The second-order valence-corrected chi connectivity index (χ2v) is 7.84. The lowest BCUT2D eigenvalue weighted by Gasteiger charge is -2.13. The summed E-state index contributed by atoms with van der Waals surface area (Å²) >= 11 is 0. The first-order valence-electron chi connectivity index (χ1n) is 10.6. The van der Waals surface area contributed by atoms with Crippen molar-refractivity contribution in [3.8, 4) is 16.9 Å². The maximum Gasteiger partial charge on any atom is 0.416 e. The van der Waals surface area contributed by atoms with Crippen LogP contribution in [0.1, 0.15) is 16.7 Å². The van der Waals surface area contributed by atoms with Crippen LogP contribution in [0.15, 0.2) is 78.9 Å². The van der Waals surface area contributed by atoms with E-state index in [2.05, 4.69) is 11.4 Å². The molecule has 2 nitrogen and oxygen atoms in total. The van der Waals surface area contributed by atoms with E-state index in [-0.39, 0.29) is 24.0 Å². The molecule has 0 unspecified atom stereocenters. The molecular formula is C27H24ClF4NO. The Labute approximate surface area is 202 Å². The van der Waals surface area contributed by atoms with Crippen molar-refractivity contribution in [1.82, 2.24) is 5.32 Å². The molecule has 0 saturated carbocycles. The molecule has 4 aromatic rings. The third kappa shape index (κ3) is 5.88. The van der Waals surface area contributed by atoms with Gasteiger partial charge in [-0.05, 0) is 82.4 Å². The van der Waals surface area contributed by atoms with Crippen molar-refractivity contribution in [3.05, 3.63) is 101 Å². The second kappa shape index (κ2) is 10.9. The van der Waals surface area contributed by atoms with E-state index in [9.17, 15) is 17.6 Å². The molecule has 0 atom stereocenters. The van der Waals surface area contributed by atoms with Gasteiger partial charge in [0.05, 0.1) is 12.7 Å². The zero-order chi connectivity index (χ0) is 23.4. The SMILES string of the molecule is COc1cc(CCNCc2cc(-c3ccc(C(F)(F)F)cc3)c3ccccc3c2)ccc1F.Cl. The monoisotopic (exact) mass is 489 g/mol. The Morgan fingerprint density at radius 1 is 0.853 bits per heavy atom. The summed E-state index contributed by atoms with van der Waals surface area (Å²) in [7, 11) is 1.44. The molecule has 4 rings (SSSR count). The summed E-state index contributed by atoms with van der Waals surface area (Å²) in [5.74, 6) is -0.163. The van der Waals surface area contributed by atoms with E-state index in [1.165, 1.54) is 25.3 Å². The van der Waals surface area contributed by atoms with Crippen LogP contribution in [0.5, 0.6) is 5.75 Å². The van der Waals surface area contributed by atoms with Crippen LogP contribution >= 0.6 is 12.4 Å². The van der Waals surface area contributed by atoms with Crippen molar-refractivity contribution in [2.45, 2.75) is 19.1 Å². The van der Waals surface area contributed by atoms with Crippen LogP contribution in [0.2, 0.25) is 0 Å². The molecule has 34 heavy (non-hydrogen) atoms. The molecular weight excluding hydrogens is 466 g/mol. The molecule has 178 valence electrons. The molecule has 0 radical (unpaired) electrons. The Balaban J connectivity index is 0.00000324. The number of alkyl halides is 3. The van der Waals surface area contributed by atoms with Crippen molar-refractivity contribution in [2.24, 2.45) is 0 Å². The third-order valence-electron chi connectivity index (χ3n) is 5.58. The first kappa shape index (κ1) is 25.5. The quantitative estimate of drug-likeness (QED) is 0.215. The number of benzene rings is 4. The Hall–Kier alpha value is -3.09. The summed E-state index contributed by atoms with van der Waals surface area (Å²) in [5.41, 5.74) is 2.96. The molecule has 0 saturated heterocycles.